The van der Waals surface area contributed by atoms with Crippen molar-refractivity contribution in [2.24, 2.45) is 0 Å². The van der Waals surface area contributed by atoms with Gasteiger partial charge in [0.05, 0.1) is 28.1 Å². The molecule has 130 valence electrons. The average Bonchev–Trinajstić information content (AvgIpc) is 2.56. The summed E-state index contributed by atoms with van der Waals surface area (Å²) in [5.41, 5.74) is 2.25. The van der Waals surface area contributed by atoms with Gasteiger partial charge in [-0.15, -0.1) is 0 Å². The summed E-state index contributed by atoms with van der Waals surface area (Å²) in [6.45, 7) is 3.68. The molecule has 0 saturated carbocycles. The van der Waals surface area contributed by atoms with Gasteiger partial charge >= 0.3 is 5.97 Å². The Morgan fingerprint density at radius 2 is 2.12 bits per heavy atom. The Morgan fingerprint density at radius 3 is 2.80 bits per heavy atom. The molecule has 0 bridgehead atoms. The van der Waals surface area contributed by atoms with Crippen molar-refractivity contribution < 1.29 is 13.9 Å². The zero-order valence-electron chi connectivity index (χ0n) is 13.7. The van der Waals surface area contributed by atoms with Crippen LogP contribution >= 0.6 is 15.9 Å². The summed E-state index contributed by atoms with van der Waals surface area (Å²) >= 11 is 3.17. The lowest BCUT2D eigenvalue weighted by atomic mass is 9.81. The van der Waals surface area contributed by atoms with E-state index in [0.717, 1.165) is 0 Å². The topological polar surface area (TPSA) is 71.2 Å². The molecule has 0 radical (unpaired) electrons. The van der Waals surface area contributed by atoms with Crippen LogP contribution in [0.2, 0.25) is 0 Å². The molecule has 0 aliphatic carbocycles. The Kier molecular flexibility index (Phi) is 4.76. The predicted molar refractivity (Wildman–Crippen MR) is 96.0 cm³/mol. The van der Waals surface area contributed by atoms with Gasteiger partial charge in [0.25, 0.3) is 5.56 Å². The van der Waals surface area contributed by atoms with Gasteiger partial charge in [-0.05, 0) is 53.5 Å². The maximum Gasteiger partial charge on any atom is 0.336 e. The molecule has 2 heterocycles. The highest BCUT2D eigenvalue weighted by atomic mass is 79.9. The van der Waals surface area contributed by atoms with Gasteiger partial charge in [-0.25, -0.2) is 9.18 Å². The van der Waals surface area contributed by atoms with Crippen LogP contribution in [0.25, 0.3) is 0 Å². The zero-order valence-corrected chi connectivity index (χ0v) is 15.2. The number of halogens is 2. The standard InChI is InChI=1S/C18H16BrFN2O3/c1-3-25-18(24)14-9(2)22-13-6-7-21-17(23)16(13)15(14)10-4-5-12(20)11(19)8-10/h4-8,15,22H,3H2,1-2H3,(H,21,23). The van der Waals surface area contributed by atoms with Crippen molar-refractivity contribution in [3.05, 3.63) is 73.5 Å². The van der Waals surface area contributed by atoms with E-state index < -0.39 is 17.7 Å². The second-order valence-electron chi connectivity index (χ2n) is 5.62. The molecule has 1 atom stereocenters. The Labute approximate surface area is 152 Å². The third kappa shape index (κ3) is 3.11. The number of nitrogens with one attached hydrogen (secondary N) is 2. The van der Waals surface area contributed by atoms with Crippen LogP contribution in [0.1, 0.15) is 30.9 Å². The Balaban J connectivity index is 2.26. The van der Waals surface area contributed by atoms with Crippen molar-refractivity contribution in [1.82, 2.24) is 4.98 Å². The first-order valence-electron chi connectivity index (χ1n) is 7.75. The van der Waals surface area contributed by atoms with E-state index in [0.29, 0.717) is 28.1 Å². The van der Waals surface area contributed by atoms with E-state index in [-0.39, 0.29) is 16.6 Å². The quantitative estimate of drug-likeness (QED) is 0.762. The molecule has 0 amide bonds. The van der Waals surface area contributed by atoms with Crippen LogP contribution in [0.5, 0.6) is 0 Å². The number of carbonyl (C=O) groups is 1. The molecule has 25 heavy (non-hydrogen) atoms. The fraction of sp³-hybridized carbons (Fsp3) is 0.222. The lowest BCUT2D eigenvalue weighted by molar-refractivity contribution is -0.138. The molecule has 0 spiro atoms. The molecule has 7 heteroatoms. The summed E-state index contributed by atoms with van der Waals surface area (Å²) in [7, 11) is 0. The number of carbonyl (C=O) groups excluding carboxylic acids is 1. The first-order valence-corrected chi connectivity index (χ1v) is 8.54. The summed E-state index contributed by atoms with van der Waals surface area (Å²) in [6.07, 6.45) is 1.54. The van der Waals surface area contributed by atoms with Gasteiger partial charge in [0.1, 0.15) is 5.82 Å². The first kappa shape index (κ1) is 17.4. The number of aromatic nitrogens is 1. The molecule has 1 aromatic carbocycles. The molecule has 1 aromatic heterocycles. The Morgan fingerprint density at radius 1 is 1.36 bits per heavy atom. The van der Waals surface area contributed by atoms with Gasteiger partial charge in [0.15, 0.2) is 0 Å². The van der Waals surface area contributed by atoms with Gasteiger partial charge in [-0.2, -0.15) is 0 Å². The molecule has 1 aliphatic heterocycles. The van der Waals surface area contributed by atoms with Crippen molar-refractivity contribution in [2.75, 3.05) is 11.9 Å². The van der Waals surface area contributed by atoms with E-state index in [1.54, 1.807) is 32.0 Å². The van der Waals surface area contributed by atoms with Crippen LogP contribution in [-0.4, -0.2) is 17.6 Å². The second kappa shape index (κ2) is 6.84. The highest BCUT2D eigenvalue weighted by Gasteiger charge is 2.35. The molecule has 0 fully saturated rings. The minimum atomic E-state index is -0.655. The number of rotatable bonds is 3. The number of fused-ring (bicyclic) bond motifs is 1. The lowest BCUT2D eigenvalue weighted by Crippen LogP contribution is -2.29. The average molecular weight is 407 g/mol. The van der Waals surface area contributed by atoms with E-state index in [1.807, 2.05) is 0 Å². The highest BCUT2D eigenvalue weighted by Crippen LogP contribution is 2.41. The second-order valence-corrected chi connectivity index (χ2v) is 6.48. The van der Waals surface area contributed by atoms with Crippen LogP contribution in [-0.2, 0) is 9.53 Å². The summed E-state index contributed by atoms with van der Waals surface area (Å²) < 4.78 is 19.1. The van der Waals surface area contributed by atoms with Crippen molar-refractivity contribution >= 4 is 27.6 Å². The molecule has 5 nitrogen and oxygen atoms in total. The Bertz CT molecular complexity index is 936. The first-order chi connectivity index (χ1) is 11.9. The van der Waals surface area contributed by atoms with Gasteiger partial charge in [0.2, 0.25) is 0 Å². The van der Waals surface area contributed by atoms with Crippen LogP contribution in [0, 0.1) is 5.82 Å². The van der Waals surface area contributed by atoms with Crippen LogP contribution in [0.3, 0.4) is 0 Å². The number of hydrogen-bond donors (Lipinski definition) is 2. The molecule has 2 N–H and O–H groups in total. The number of anilines is 1. The number of esters is 1. The molecular weight excluding hydrogens is 391 g/mol. The van der Waals surface area contributed by atoms with Crippen LogP contribution < -0.4 is 10.9 Å². The van der Waals surface area contributed by atoms with E-state index in [9.17, 15) is 14.0 Å². The van der Waals surface area contributed by atoms with Crippen LogP contribution in [0.15, 0.2) is 51.0 Å². The fourth-order valence-corrected chi connectivity index (χ4v) is 3.42. The van der Waals surface area contributed by atoms with Gasteiger partial charge in [-0.3, -0.25) is 4.79 Å². The molecule has 3 rings (SSSR count). The normalized spacial score (nSPS) is 16.2. The van der Waals surface area contributed by atoms with Gasteiger partial charge in [-0.1, -0.05) is 6.07 Å². The van der Waals surface area contributed by atoms with E-state index in [2.05, 4.69) is 26.2 Å². The largest absolute Gasteiger partial charge is 0.463 e. The number of pyridine rings is 1. The Hall–Kier alpha value is -2.41. The summed E-state index contributed by atoms with van der Waals surface area (Å²) in [6, 6.07) is 6.18. The maximum absolute atomic E-state index is 13.7. The lowest BCUT2D eigenvalue weighted by Gasteiger charge is -2.29. The summed E-state index contributed by atoms with van der Waals surface area (Å²) in [4.78, 5) is 27.7. The number of allylic oxidation sites excluding steroid dienone is 1. The van der Waals surface area contributed by atoms with Gasteiger partial charge < -0.3 is 15.0 Å². The minimum absolute atomic E-state index is 0.216. The van der Waals surface area contributed by atoms with Gasteiger partial charge in [0, 0.05) is 17.6 Å². The molecular formula is C18H16BrFN2O3. The predicted octanol–water partition coefficient (Wildman–Crippen LogP) is 3.67. The molecule has 0 saturated heterocycles. The number of aromatic amines is 1. The highest BCUT2D eigenvalue weighted by molar-refractivity contribution is 9.10. The smallest absolute Gasteiger partial charge is 0.336 e. The number of hydrogen-bond acceptors (Lipinski definition) is 4. The number of benzene rings is 1. The molecule has 1 aliphatic rings. The van der Waals surface area contributed by atoms with Crippen molar-refractivity contribution in [1.29, 1.82) is 0 Å². The van der Waals surface area contributed by atoms with Crippen molar-refractivity contribution in [3.8, 4) is 0 Å². The third-order valence-corrected chi connectivity index (χ3v) is 4.68. The monoisotopic (exact) mass is 406 g/mol. The van der Waals surface area contributed by atoms with E-state index >= 15 is 0 Å². The third-order valence-electron chi connectivity index (χ3n) is 4.08. The number of ether oxygens (including phenoxy) is 1. The van der Waals surface area contributed by atoms with E-state index in [1.165, 1.54) is 12.3 Å². The van der Waals surface area contributed by atoms with Crippen molar-refractivity contribution in [2.45, 2.75) is 19.8 Å². The van der Waals surface area contributed by atoms with E-state index in [4.69, 9.17) is 4.74 Å². The summed E-state index contributed by atoms with van der Waals surface area (Å²) in [5, 5.41) is 3.09. The minimum Gasteiger partial charge on any atom is -0.463 e. The fourth-order valence-electron chi connectivity index (χ4n) is 3.02. The number of H-pyrrole nitrogens is 1. The maximum atomic E-state index is 13.7. The SMILES string of the molecule is CCOC(=O)C1=C(C)Nc2cc[nH]c(=O)c2C1c1ccc(F)c(Br)c1. The zero-order chi connectivity index (χ0) is 18.1. The summed E-state index contributed by atoms with van der Waals surface area (Å²) in [5.74, 6) is -1.58. The molecule has 2 aromatic rings. The molecule has 1 unspecified atom stereocenters. The van der Waals surface area contributed by atoms with Crippen molar-refractivity contribution in [3.63, 3.8) is 0 Å². The van der Waals surface area contributed by atoms with Crippen LogP contribution in [0.4, 0.5) is 10.1 Å².